The third-order valence-corrected chi connectivity index (χ3v) is 2.52. The molecule has 0 aromatic carbocycles. The summed E-state index contributed by atoms with van der Waals surface area (Å²) in [6.45, 7) is 6.61. The van der Waals surface area contributed by atoms with Crippen LogP contribution in [0.1, 0.15) is 46.0 Å². The molecule has 0 radical (unpaired) electrons. The molecule has 0 aliphatic rings. The molecule has 5 heteroatoms. The zero-order valence-corrected chi connectivity index (χ0v) is 12.2. The lowest BCUT2D eigenvalue weighted by molar-refractivity contribution is -0.121. The fourth-order valence-corrected chi connectivity index (χ4v) is 1.42. The highest BCUT2D eigenvalue weighted by molar-refractivity contribution is 5.78. The first-order chi connectivity index (χ1) is 9.16. The van der Waals surface area contributed by atoms with E-state index in [1.54, 1.807) is 0 Å². The van der Waals surface area contributed by atoms with Crippen molar-refractivity contribution in [3.63, 3.8) is 0 Å². The minimum atomic E-state index is -0.0240. The Balaban J connectivity index is 3.16. The van der Waals surface area contributed by atoms with Crippen LogP contribution in [0.5, 0.6) is 0 Å². The molecule has 0 aromatic rings. The second kappa shape index (κ2) is 13.5. The molecule has 0 saturated carbocycles. The fourth-order valence-electron chi connectivity index (χ4n) is 1.42. The van der Waals surface area contributed by atoms with E-state index in [-0.39, 0.29) is 11.7 Å². The van der Waals surface area contributed by atoms with E-state index in [2.05, 4.69) is 12.2 Å². The van der Waals surface area contributed by atoms with E-state index in [4.69, 9.17) is 9.47 Å². The molecule has 0 rings (SSSR count). The molecule has 19 heavy (non-hydrogen) atoms. The number of carbonyl (C=O) groups is 2. The van der Waals surface area contributed by atoms with Crippen molar-refractivity contribution in [3.8, 4) is 0 Å². The molecule has 0 bridgehead atoms. The normalized spacial score (nSPS) is 10.4. The van der Waals surface area contributed by atoms with E-state index in [0.717, 1.165) is 19.4 Å². The van der Waals surface area contributed by atoms with Crippen molar-refractivity contribution in [3.05, 3.63) is 0 Å². The van der Waals surface area contributed by atoms with Crippen LogP contribution in [0.4, 0.5) is 0 Å². The second-order valence-corrected chi connectivity index (χ2v) is 4.48. The smallest absolute Gasteiger partial charge is 0.220 e. The van der Waals surface area contributed by atoms with Crippen molar-refractivity contribution in [2.45, 2.75) is 46.0 Å². The first-order valence-electron chi connectivity index (χ1n) is 7.08. The lowest BCUT2D eigenvalue weighted by Crippen LogP contribution is -2.27. The van der Waals surface area contributed by atoms with Crippen molar-refractivity contribution in [1.29, 1.82) is 0 Å². The molecule has 0 aliphatic carbocycles. The van der Waals surface area contributed by atoms with Crippen molar-refractivity contribution < 1.29 is 19.1 Å². The average molecular weight is 273 g/mol. The van der Waals surface area contributed by atoms with Gasteiger partial charge < -0.3 is 19.6 Å². The molecule has 0 spiro atoms. The maximum atomic E-state index is 11.3. The van der Waals surface area contributed by atoms with Crippen LogP contribution in [0.2, 0.25) is 0 Å². The number of carbonyl (C=O) groups excluding carboxylic acids is 2. The molecule has 0 atom stereocenters. The van der Waals surface area contributed by atoms with Crippen LogP contribution in [0, 0.1) is 0 Å². The molecule has 5 nitrogen and oxygen atoms in total. The first kappa shape index (κ1) is 18.1. The van der Waals surface area contributed by atoms with Gasteiger partial charge in [0.25, 0.3) is 0 Å². The average Bonchev–Trinajstić information content (AvgIpc) is 2.36. The van der Waals surface area contributed by atoms with Gasteiger partial charge in [-0.15, -0.1) is 0 Å². The highest BCUT2D eigenvalue weighted by atomic mass is 16.5. The molecule has 0 unspecified atom stereocenters. The molecule has 0 saturated heterocycles. The summed E-state index contributed by atoms with van der Waals surface area (Å²) >= 11 is 0. The predicted octanol–water partition coefficient (Wildman–Crippen LogP) is 1.70. The molecule has 1 N–H and O–H groups in total. The van der Waals surface area contributed by atoms with Crippen molar-refractivity contribution in [1.82, 2.24) is 5.32 Å². The van der Waals surface area contributed by atoms with Crippen LogP contribution in [-0.2, 0) is 19.1 Å². The molecular formula is C14H27NO4. The summed E-state index contributed by atoms with van der Waals surface area (Å²) in [5.41, 5.74) is 0. The van der Waals surface area contributed by atoms with Gasteiger partial charge in [-0.3, -0.25) is 4.79 Å². The number of amides is 1. The summed E-state index contributed by atoms with van der Waals surface area (Å²) in [4.78, 5) is 22.0. The zero-order chi connectivity index (χ0) is 14.3. The van der Waals surface area contributed by atoms with E-state index in [1.165, 1.54) is 6.92 Å². The van der Waals surface area contributed by atoms with Gasteiger partial charge in [0.1, 0.15) is 5.78 Å². The van der Waals surface area contributed by atoms with E-state index in [0.29, 0.717) is 45.6 Å². The third-order valence-electron chi connectivity index (χ3n) is 2.52. The van der Waals surface area contributed by atoms with Gasteiger partial charge in [0, 0.05) is 26.0 Å². The van der Waals surface area contributed by atoms with Crippen LogP contribution < -0.4 is 5.32 Å². The standard InChI is InChI=1S/C14H27NO4/c1-3-4-9-18-11-12-19-10-8-15-14(17)7-5-6-13(2)16/h3-12H2,1-2H3,(H,15,17). The van der Waals surface area contributed by atoms with Crippen molar-refractivity contribution >= 4 is 11.7 Å². The Morgan fingerprint density at radius 1 is 0.947 bits per heavy atom. The van der Waals surface area contributed by atoms with E-state index < -0.39 is 0 Å². The zero-order valence-electron chi connectivity index (χ0n) is 12.2. The first-order valence-corrected chi connectivity index (χ1v) is 7.08. The quantitative estimate of drug-likeness (QED) is 0.519. The summed E-state index contributed by atoms with van der Waals surface area (Å²) in [6.07, 6.45) is 3.71. The largest absolute Gasteiger partial charge is 0.379 e. The van der Waals surface area contributed by atoms with Gasteiger partial charge in [0.05, 0.1) is 19.8 Å². The Morgan fingerprint density at radius 2 is 1.63 bits per heavy atom. The molecular weight excluding hydrogens is 246 g/mol. The topological polar surface area (TPSA) is 64.6 Å². The van der Waals surface area contributed by atoms with Crippen LogP contribution >= 0.6 is 0 Å². The second-order valence-electron chi connectivity index (χ2n) is 4.48. The Labute approximate surface area is 116 Å². The maximum Gasteiger partial charge on any atom is 0.220 e. The van der Waals surface area contributed by atoms with Gasteiger partial charge in [-0.25, -0.2) is 0 Å². The molecule has 0 aromatic heterocycles. The summed E-state index contributed by atoms with van der Waals surface area (Å²) in [5, 5.41) is 2.75. The number of hydrogen-bond acceptors (Lipinski definition) is 4. The van der Waals surface area contributed by atoms with E-state index in [9.17, 15) is 9.59 Å². The van der Waals surface area contributed by atoms with Crippen molar-refractivity contribution in [2.24, 2.45) is 0 Å². The van der Waals surface area contributed by atoms with Gasteiger partial charge in [0.2, 0.25) is 5.91 Å². The minimum Gasteiger partial charge on any atom is -0.379 e. The number of hydrogen-bond donors (Lipinski definition) is 1. The van der Waals surface area contributed by atoms with Gasteiger partial charge in [-0.1, -0.05) is 13.3 Å². The highest BCUT2D eigenvalue weighted by Gasteiger charge is 2.01. The fraction of sp³-hybridized carbons (Fsp3) is 0.857. The lowest BCUT2D eigenvalue weighted by Gasteiger charge is -2.07. The molecule has 0 heterocycles. The summed E-state index contributed by atoms with van der Waals surface area (Å²) in [6, 6.07) is 0. The summed E-state index contributed by atoms with van der Waals surface area (Å²) in [7, 11) is 0. The minimum absolute atomic E-state index is 0.0240. The number of unbranched alkanes of at least 4 members (excludes halogenated alkanes) is 1. The highest BCUT2D eigenvalue weighted by Crippen LogP contribution is 1.95. The predicted molar refractivity (Wildman–Crippen MR) is 74.1 cm³/mol. The van der Waals surface area contributed by atoms with Crippen molar-refractivity contribution in [2.75, 3.05) is 33.0 Å². The number of ketones is 1. The van der Waals surface area contributed by atoms with Crippen LogP contribution in [0.15, 0.2) is 0 Å². The SMILES string of the molecule is CCCCOCCOCCNC(=O)CCCC(C)=O. The Morgan fingerprint density at radius 3 is 2.26 bits per heavy atom. The number of ether oxygens (including phenoxy) is 2. The molecule has 1 amide bonds. The molecule has 0 fully saturated rings. The molecule has 112 valence electrons. The number of nitrogens with one attached hydrogen (secondary N) is 1. The van der Waals surface area contributed by atoms with Gasteiger partial charge >= 0.3 is 0 Å². The number of Topliss-reactive ketones (excluding diaryl/α,β-unsaturated/α-hetero) is 1. The van der Waals surface area contributed by atoms with Gasteiger partial charge in [0.15, 0.2) is 0 Å². The van der Waals surface area contributed by atoms with E-state index in [1.807, 2.05) is 0 Å². The van der Waals surface area contributed by atoms with Crippen LogP contribution in [-0.4, -0.2) is 44.7 Å². The summed E-state index contributed by atoms with van der Waals surface area (Å²) < 4.78 is 10.6. The Bertz CT molecular complexity index is 244. The maximum absolute atomic E-state index is 11.3. The lowest BCUT2D eigenvalue weighted by atomic mass is 10.2. The van der Waals surface area contributed by atoms with Gasteiger partial charge in [-0.2, -0.15) is 0 Å². The van der Waals surface area contributed by atoms with Crippen LogP contribution in [0.3, 0.4) is 0 Å². The van der Waals surface area contributed by atoms with E-state index >= 15 is 0 Å². The number of rotatable bonds is 13. The monoisotopic (exact) mass is 273 g/mol. The van der Waals surface area contributed by atoms with Gasteiger partial charge in [-0.05, 0) is 19.8 Å². The summed E-state index contributed by atoms with van der Waals surface area (Å²) in [5.74, 6) is 0.100. The Hall–Kier alpha value is -0.940. The third kappa shape index (κ3) is 15.0. The van der Waals surface area contributed by atoms with Crippen LogP contribution in [0.25, 0.3) is 0 Å². The Kier molecular flexibility index (Phi) is 12.8. The molecule has 0 aliphatic heterocycles.